The van der Waals surface area contributed by atoms with Crippen LogP contribution < -0.4 is 0 Å². The first-order valence-electron chi connectivity index (χ1n) is 8.07. The standard InChI is InChI=1S/C20H12F3N3O/c21-20(22,23)19-14(11-24)6-7-18-16(19)8-9-26(18)12-15-10-17(25-27-15)13-4-2-1-3-5-13/h1-10H,12H2. The van der Waals surface area contributed by atoms with Gasteiger partial charge in [-0.15, -0.1) is 0 Å². The summed E-state index contributed by atoms with van der Waals surface area (Å²) in [6, 6.07) is 16.9. The molecule has 2 aromatic heterocycles. The molecule has 0 bridgehead atoms. The lowest BCUT2D eigenvalue weighted by Crippen LogP contribution is -2.08. The molecule has 4 aromatic rings. The van der Waals surface area contributed by atoms with Gasteiger partial charge in [-0.1, -0.05) is 35.5 Å². The summed E-state index contributed by atoms with van der Waals surface area (Å²) >= 11 is 0. The zero-order chi connectivity index (χ0) is 19.0. The Morgan fingerprint density at radius 3 is 2.56 bits per heavy atom. The van der Waals surface area contributed by atoms with Crippen LogP contribution >= 0.6 is 0 Å². The Balaban J connectivity index is 1.72. The van der Waals surface area contributed by atoms with Crippen LogP contribution in [0.25, 0.3) is 22.2 Å². The predicted octanol–water partition coefficient (Wildman–Crippen LogP) is 5.24. The fourth-order valence-corrected chi connectivity index (χ4v) is 3.11. The molecular formula is C20H12F3N3O. The molecule has 2 heterocycles. The topological polar surface area (TPSA) is 54.8 Å². The SMILES string of the molecule is N#Cc1ccc2c(ccn2Cc2cc(-c3ccccc3)no2)c1C(F)(F)F. The van der Waals surface area contributed by atoms with E-state index in [9.17, 15) is 13.2 Å². The Labute approximate surface area is 152 Å². The summed E-state index contributed by atoms with van der Waals surface area (Å²) in [5.74, 6) is 0.518. The molecule has 0 saturated carbocycles. The van der Waals surface area contributed by atoms with Crippen molar-refractivity contribution in [3.63, 3.8) is 0 Å². The summed E-state index contributed by atoms with van der Waals surface area (Å²) in [6.07, 6.45) is -3.06. The highest BCUT2D eigenvalue weighted by Crippen LogP contribution is 2.37. The number of hydrogen-bond donors (Lipinski definition) is 0. The summed E-state index contributed by atoms with van der Waals surface area (Å²) in [7, 11) is 0. The molecule has 4 nitrogen and oxygen atoms in total. The van der Waals surface area contributed by atoms with Crippen LogP contribution in [-0.2, 0) is 12.7 Å². The molecule has 0 saturated heterocycles. The van der Waals surface area contributed by atoms with Crippen molar-refractivity contribution in [2.24, 2.45) is 0 Å². The van der Waals surface area contributed by atoms with Crippen LogP contribution in [0.4, 0.5) is 13.2 Å². The molecule has 0 unspecified atom stereocenters. The van der Waals surface area contributed by atoms with Gasteiger partial charge in [0.25, 0.3) is 0 Å². The first kappa shape index (κ1) is 16.9. The van der Waals surface area contributed by atoms with E-state index in [0.29, 0.717) is 17.0 Å². The molecule has 0 aliphatic heterocycles. The Morgan fingerprint density at radius 2 is 1.85 bits per heavy atom. The Morgan fingerprint density at radius 1 is 1.07 bits per heavy atom. The summed E-state index contributed by atoms with van der Waals surface area (Å²) < 4.78 is 47.2. The molecule has 0 atom stereocenters. The van der Waals surface area contributed by atoms with Gasteiger partial charge in [0, 0.05) is 28.7 Å². The Bertz CT molecular complexity index is 1150. The second-order valence-electron chi connectivity index (χ2n) is 6.02. The summed E-state index contributed by atoms with van der Waals surface area (Å²) in [5, 5.41) is 13.0. The predicted molar refractivity (Wildman–Crippen MR) is 92.7 cm³/mol. The van der Waals surface area contributed by atoms with Gasteiger partial charge in [-0.3, -0.25) is 0 Å². The number of aromatic nitrogens is 2. The van der Waals surface area contributed by atoms with Crippen molar-refractivity contribution in [3.05, 3.63) is 77.7 Å². The van der Waals surface area contributed by atoms with Gasteiger partial charge in [0.1, 0.15) is 5.69 Å². The highest BCUT2D eigenvalue weighted by molar-refractivity contribution is 5.86. The second kappa shape index (κ2) is 6.32. The number of nitrogens with zero attached hydrogens (tertiary/aromatic N) is 3. The highest BCUT2D eigenvalue weighted by Gasteiger charge is 2.36. The van der Waals surface area contributed by atoms with Gasteiger partial charge in [-0.25, -0.2) is 0 Å². The molecule has 0 N–H and O–H groups in total. The van der Waals surface area contributed by atoms with Crippen LogP contribution in [0.3, 0.4) is 0 Å². The van der Waals surface area contributed by atoms with E-state index in [1.54, 1.807) is 22.9 Å². The van der Waals surface area contributed by atoms with Crippen LogP contribution in [0.2, 0.25) is 0 Å². The molecule has 0 fully saturated rings. The van der Waals surface area contributed by atoms with Crippen molar-refractivity contribution >= 4 is 10.9 Å². The van der Waals surface area contributed by atoms with Gasteiger partial charge in [0.2, 0.25) is 0 Å². The van der Waals surface area contributed by atoms with E-state index in [1.165, 1.54) is 18.2 Å². The van der Waals surface area contributed by atoms with Crippen molar-refractivity contribution in [1.82, 2.24) is 9.72 Å². The van der Waals surface area contributed by atoms with E-state index >= 15 is 0 Å². The summed E-state index contributed by atoms with van der Waals surface area (Å²) in [6.45, 7) is 0.229. The summed E-state index contributed by atoms with van der Waals surface area (Å²) in [4.78, 5) is 0. The minimum atomic E-state index is -4.61. The van der Waals surface area contributed by atoms with E-state index in [-0.39, 0.29) is 11.9 Å². The van der Waals surface area contributed by atoms with Crippen molar-refractivity contribution in [2.45, 2.75) is 12.7 Å². The molecular weight excluding hydrogens is 355 g/mol. The number of benzene rings is 2. The fraction of sp³-hybridized carbons (Fsp3) is 0.100. The molecule has 0 aliphatic rings. The third kappa shape index (κ3) is 3.06. The van der Waals surface area contributed by atoms with Gasteiger partial charge in [-0.2, -0.15) is 18.4 Å². The highest BCUT2D eigenvalue weighted by atomic mass is 19.4. The van der Waals surface area contributed by atoms with Crippen LogP contribution in [0.1, 0.15) is 16.9 Å². The largest absolute Gasteiger partial charge is 0.418 e. The fourth-order valence-electron chi connectivity index (χ4n) is 3.11. The molecule has 27 heavy (non-hydrogen) atoms. The van der Waals surface area contributed by atoms with E-state index < -0.39 is 17.3 Å². The maximum absolute atomic E-state index is 13.4. The number of rotatable bonds is 3. The smallest absolute Gasteiger partial charge is 0.359 e. The van der Waals surface area contributed by atoms with Crippen molar-refractivity contribution < 1.29 is 17.7 Å². The lowest BCUT2D eigenvalue weighted by atomic mass is 10.0. The van der Waals surface area contributed by atoms with Gasteiger partial charge in [-0.05, 0) is 18.2 Å². The molecule has 0 aliphatic carbocycles. The van der Waals surface area contributed by atoms with Gasteiger partial charge >= 0.3 is 6.18 Å². The second-order valence-corrected chi connectivity index (χ2v) is 6.02. The zero-order valence-corrected chi connectivity index (χ0v) is 13.9. The Hall–Kier alpha value is -3.53. The minimum Gasteiger partial charge on any atom is -0.359 e. The zero-order valence-electron chi connectivity index (χ0n) is 13.9. The van der Waals surface area contributed by atoms with Crippen molar-refractivity contribution in [1.29, 1.82) is 5.26 Å². The molecule has 0 radical (unpaired) electrons. The van der Waals surface area contributed by atoms with Gasteiger partial charge in [0.15, 0.2) is 5.76 Å². The quantitative estimate of drug-likeness (QED) is 0.498. The first-order chi connectivity index (χ1) is 13.0. The molecule has 4 rings (SSSR count). The Kier molecular flexibility index (Phi) is 3.96. The average molecular weight is 367 g/mol. The van der Waals surface area contributed by atoms with Gasteiger partial charge in [0.05, 0.1) is 23.7 Å². The normalized spacial score (nSPS) is 11.6. The number of halogens is 3. The van der Waals surface area contributed by atoms with Crippen LogP contribution in [0.5, 0.6) is 0 Å². The first-order valence-corrected chi connectivity index (χ1v) is 8.07. The number of fused-ring (bicyclic) bond motifs is 1. The third-order valence-electron chi connectivity index (χ3n) is 4.31. The molecule has 134 valence electrons. The molecule has 0 spiro atoms. The lowest BCUT2D eigenvalue weighted by molar-refractivity contribution is -0.136. The lowest BCUT2D eigenvalue weighted by Gasteiger charge is -2.11. The van der Waals surface area contributed by atoms with E-state index in [0.717, 1.165) is 5.56 Å². The molecule has 7 heteroatoms. The molecule has 2 aromatic carbocycles. The van der Waals surface area contributed by atoms with Crippen LogP contribution in [0, 0.1) is 11.3 Å². The number of alkyl halides is 3. The minimum absolute atomic E-state index is 0.00986. The average Bonchev–Trinajstić information content (AvgIpc) is 3.28. The van der Waals surface area contributed by atoms with Crippen molar-refractivity contribution in [3.8, 4) is 17.3 Å². The third-order valence-corrected chi connectivity index (χ3v) is 4.31. The van der Waals surface area contributed by atoms with E-state index in [4.69, 9.17) is 9.78 Å². The van der Waals surface area contributed by atoms with Gasteiger partial charge < -0.3 is 9.09 Å². The summed E-state index contributed by atoms with van der Waals surface area (Å²) in [5.41, 5.74) is 0.620. The monoisotopic (exact) mass is 367 g/mol. The molecule has 0 amide bonds. The number of hydrogen-bond acceptors (Lipinski definition) is 3. The maximum atomic E-state index is 13.4. The van der Waals surface area contributed by atoms with Crippen LogP contribution in [-0.4, -0.2) is 9.72 Å². The van der Waals surface area contributed by atoms with E-state index in [1.807, 2.05) is 30.3 Å². The maximum Gasteiger partial charge on any atom is 0.418 e. The van der Waals surface area contributed by atoms with Crippen LogP contribution in [0.15, 0.2) is 65.3 Å². The van der Waals surface area contributed by atoms with E-state index in [2.05, 4.69) is 5.16 Å². The van der Waals surface area contributed by atoms with Crippen molar-refractivity contribution in [2.75, 3.05) is 0 Å². The number of nitriles is 1.